The Morgan fingerprint density at radius 2 is 2.05 bits per heavy atom. The molecule has 3 N–H and O–H groups in total. The fourth-order valence-corrected chi connectivity index (χ4v) is 2.35. The van der Waals surface area contributed by atoms with Crippen LogP contribution in [0.5, 0.6) is 5.75 Å². The van der Waals surface area contributed by atoms with E-state index >= 15 is 0 Å². The summed E-state index contributed by atoms with van der Waals surface area (Å²) in [6.45, 7) is 0.0805. The number of rotatable bonds is 5. The lowest BCUT2D eigenvalue weighted by Gasteiger charge is -2.25. The maximum Gasteiger partial charge on any atom is 0.250 e. The van der Waals surface area contributed by atoms with E-state index in [1.54, 1.807) is 13.2 Å². The van der Waals surface area contributed by atoms with Crippen LogP contribution in [0.1, 0.15) is 25.7 Å². The monoisotopic (exact) mass is 314 g/mol. The predicted molar refractivity (Wildman–Crippen MR) is 85.1 cm³/mol. The van der Waals surface area contributed by atoms with Crippen LogP contribution in [-0.2, 0) is 9.53 Å². The number of ether oxygens (including phenoxy) is 2. The molecule has 21 heavy (non-hydrogen) atoms. The van der Waals surface area contributed by atoms with Gasteiger partial charge in [-0.15, -0.1) is 12.4 Å². The van der Waals surface area contributed by atoms with Gasteiger partial charge in [0.05, 0.1) is 13.2 Å². The molecule has 5 nitrogen and oxygen atoms in total. The normalized spacial score (nSPS) is 21.2. The Morgan fingerprint density at radius 1 is 1.33 bits per heavy atom. The molecule has 1 saturated carbocycles. The molecule has 1 fully saturated rings. The highest BCUT2D eigenvalue weighted by Crippen LogP contribution is 2.20. The Hall–Kier alpha value is -1.30. The molecule has 0 radical (unpaired) electrons. The zero-order valence-corrected chi connectivity index (χ0v) is 13.0. The fraction of sp³-hybridized carbons (Fsp3) is 0.533. The molecule has 118 valence electrons. The summed E-state index contributed by atoms with van der Waals surface area (Å²) in [5.74, 6) is 0.568. The summed E-state index contributed by atoms with van der Waals surface area (Å²) in [4.78, 5) is 11.8. The van der Waals surface area contributed by atoms with Gasteiger partial charge >= 0.3 is 0 Å². The van der Waals surface area contributed by atoms with Gasteiger partial charge in [-0.05, 0) is 37.8 Å². The number of hydrogen-bond acceptors (Lipinski definition) is 4. The van der Waals surface area contributed by atoms with E-state index in [2.05, 4.69) is 5.32 Å². The molecule has 1 aliphatic carbocycles. The number of carbonyl (C=O) groups is 1. The zero-order chi connectivity index (χ0) is 14.4. The van der Waals surface area contributed by atoms with Gasteiger partial charge in [-0.1, -0.05) is 6.07 Å². The molecule has 0 atom stereocenters. The van der Waals surface area contributed by atoms with Crippen LogP contribution < -0.4 is 15.8 Å². The van der Waals surface area contributed by atoms with Crippen LogP contribution in [0.3, 0.4) is 0 Å². The lowest BCUT2D eigenvalue weighted by atomic mass is 9.94. The summed E-state index contributed by atoms with van der Waals surface area (Å²) in [6, 6.07) is 7.55. The average Bonchev–Trinajstić information content (AvgIpc) is 2.47. The van der Waals surface area contributed by atoms with Gasteiger partial charge in [-0.3, -0.25) is 4.79 Å². The molecule has 2 rings (SSSR count). The van der Waals surface area contributed by atoms with Crippen LogP contribution in [0.2, 0.25) is 0 Å². The lowest BCUT2D eigenvalue weighted by Crippen LogP contribution is -2.32. The van der Waals surface area contributed by atoms with Crippen molar-refractivity contribution in [2.75, 3.05) is 19.0 Å². The molecule has 0 unspecified atom stereocenters. The molecule has 0 heterocycles. The molecule has 1 aromatic carbocycles. The Bertz CT molecular complexity index is 448. The first-order chi connectivity index (χ1) is 9.67. The molecule has 0 spiro atoms. The SMILES string of the molecule is COc1cccc(NC(=O)COC2CCC(N)CC2)c1.Cl. The second kappa shape index (κ2) is 8.87. The van der Waals surface area contributed by atoms with Crippen molar-refractivity contribution < 1.29 is 14.3 Å². The topological polar surface area (TPSA) is 73.6 Å². The molecule has 1 aliphatic rings. The van der Waals surface area contributed by atoms with E-state index in [4.69, 9.17) is 15.2 Å². The van der Waals surface area contributed by atoms with Crippen molar-refractivity contribution in [3.05, 3.63) is 24.3 Å². The maximum atomic E-state index is 11.8. The third-order valence-corrected chi connectivity index (χ3v) is 3.52. The Morgan fingerprint density at radius 3 is 2.71 bits per heavy atom. The number of hydrogen-bond donors (Lipinski definition) is 2. The van der Waals surface area contributed by atoms with E-state index in [1.165, 1.54) is 0 Å². The summed E-state index contributed by atoms with van der Waals surface area (Å²) < 4.78 is 10.7. The van der Waals surface area contributed by atoms with E-state index in [0.717, 1.165) is 25.7 Å². The highest BCUT2D eigenvalue weighted by atomic mass is 35.5. The average molecular weight is 315 g/mol. The fourth-order valence-electron chi connectivity index (χ4n) is 2.35. The van der Waals surface area contributed by atoms with Crippen molar-refractivity contribution >= 4 is 24.0 Å². The number of amides is 1. The van der Waals surface area contributed by atoms with Gasteiger partial charge in [0.15, 0.2) is 0 Å². The van der Waals surface area contributed by atoms with Crippen molar-refractivity contribution in [3.63, 3.8) is 0 Å². The van der Waals surface area contributed by atoms with Crippen LogP contribution in [0.15, 0.2) is 24.3 Å². The minimum absolute atomic E-state index is 0. The van der Waals surface area contributed by atoms with Crippen LogP contribution in [0.4, 0.5) is 5.69 Å². The maximum absolute atomic E-state index is 11.8. The standard InChI is InChI=1S/C15H22N2O3.ClH/c1-19-14-4-2-3-12(9-14)17-15(18)10-20-13-7-5-11(16)6-8-13;/h2-4,9,11,13H,5-8,10,16H2,1H3,(H,17,18);1H. The number of nitrogens with two attached hydrogens (primary N) is 1. The smallest absolute Gasteiger partial charge is 0.250 e. The van der Waals surface area contributed by atoms with E-state index in [9.17, 15) is 4.79 Å². The van der Waals surface area contributed by atoms with Crippen molar-refractivity contribution in [1.29, 1.82) is 0 Å². The molecule has 0 aromatic heterocycles. The Labute approximate surface area is 131 Å². The second-order valence-corrected chi connectivity index (χ2v) is 5.13. The molecule has 1 aromatic rings. The predicted octanol–water partition coefficient (Wildman–Crippen LogP) is 2.34. The summed E-state index contributed by atoms with van der Waals surface area (Å²) in [5.41, 5.74) is 6.55. The third-order valence-electron chi connectivity index (χ3n) is 3.52. The van der Waals surface area contributed by atoms with Crippen LogP contribution in [-0.4, -0.2) is 31.8 Å². The van der Waals surface area contributed by atoms with Gasteiger partial charge in [-0.25, -0.2) is 0 Å². The Kier molecular flexibility index (Phi) is 7.50. The Balaban J connectivity index is 0.00000220. The van der Waals surface area contributed by atoms with E-state index in [-0.39, 0.29) is 31.0 Å². The minimum atomic E-state index is -0.145. The number of carbonyl (C=O) groups excluding carboxylic acids is 1. The number of methoxy groups -OCH3 is 1. The van der Waals surface area contributed by atoms with Gasteiger partial charge in [0.25, 0.3) is 0 Å². The summed E-state index contributed by atoms with van der Waals surface area (Å²) in [6.07, 6.45) is 3.98. The minimum Gasteiger partial charge on any atom is -0.497 e. The van der Waals surface area contributed by atoms with E-state index < -0.39 is 0 Å². The molecular formula is C15H23ClN2O3. The van der Waals surface area contributed by atoms with E-state index in [0.29, 0.717) is 17.5 Å². The highest BCUT2D eigenvalue weighted by molar-refractivity contribution is 5.91. The zero-order valence-electron chi connectivity index (χ0n) is 12.2. The molecule has 0 saturated heterocycles. The van der Waals surface area contributed by atoms with Gasteiger partial charge in [0.1, 0.15) is 12.4 Å². The molecule has 1 amide bonds. The third kappa shape index (κ3) is 5.91. The van der Waals surface area contributed by atoms with Crippen LogP contribution in [0.25, 0.3) is 0 Å². The summed E-state index contributed by atoms with van der Waals surface area (Å²) in [7, 11) is 1.60. The molecule has 0 bridgehead atoms. The molecular weight excluding hydrogens is 292 g/mol. The van der Waals surface area contributed by atoms with Gasteiger partial charge < -0.3 is 20.5 Å². The van der Waals surface area contributed by atoms with Crippen molar-refractivity contribution in [2.45, 2.75) is 37.8 Å². The van der Waals surface area contributed by atoms with Gasteiger partial charge in [0.2, 0.25) is 5.91 Å². The first-order valence-corrected chi connectivity index (χ1v) is 6.98. The van der Waals surface area contributed by atoms with Crippen molar-refractivity contribution in [3.8, 4) is 5.75 Å². The molecule has 0 aliphatic heterocycles. The largest absolute Gasteiger partial charge is 0.497 e. The van der Waals surface area contributed by atoms with Gasteiger partial charge in [0, 0.05) is 17.8 Å². The second-order valence-electron chi connectivity index (χ2n) is 5.13. The quantitative estimate of drug-likeness (QED) is 0.875. The van der Waals surface area contributed by atoms with Crippen LogP contribution >= 0.6 is 12.4 Å². The first kappa shape index (κ1) is 17.8. The van der Waals surface area contributed by atoms with Gasteiger partial charge in [-0.2, -0.15) is 0 Å². The van der Waals surface area contributed by atoms with E-state index in [1.807, 2.05) is 18.2 Å². The van der Waals surface area contributed by atoms with Crippen molar-refractivity contribution in [1.82, 2.24) is 0 Å². The summed E-state index contributed by atoms with van der Waals surface area (Å²) >= 11 is 0. The number of nitrogens with one attached hydrogen (secondary N) is 1. The number of halogens is 1. The number of anilines is 1. The highest BCUT2D eigenvalue weighted by Gasteiger charge is 2.19. The summed E-state index contributed by atoms with van der Waals surface area (Å²) in [5, 5.41) is 2.80. The number of benzene rings is 1. The molecule has 6 heteroatoms. The van der Waals surface area contributed by atoms with Crippen molar-refractivity contribution in [2.24, 2.45) is 5.73 Å². The van der Waals surface area contributed by atoms with Crippen LogP contribution in [0, 0.1) is 0 Å². The first-order valence-electron chi connectivity index (χ1n) is 6.98. The lowest BCUT2D eigenvalue weighted by molar-refractivity contribution is -0.123.